The Balaban J connectivity index is 2.73. The molecule has 0 spiro atoms. The Labute approximate surface area is 122 Å². The van der Waals surface area contributed by atoms with Crippen molar-refractivity contribution in [1.29, 1.82) is 0 Å². The number of ether oxygens (including phenoxy) is 1. The number of rotatable bonds is 8. The normalized spacial score (nSPS) is 14.8. The van der Waals surface area contributed by atoms with Gasteiger partial charge in [0, 0.05) is 5.92 Å². The van der Waals surface area contributed by atoms with E-state index < -0.39 is 10.0 Å². The highest BCUT2D eigenvalue weighted by molar-refractivity contribution is 7.89. The average Bonchev–Trinajstić information content (AvgIpc) is 2.41. The lowest BCUT2D eigenvalue weighted by molar-refractivity contribution is 0.254. The lowest BCUT2D eigenvalue weighted by Gasteiger charge is -2.19. The smallest absolute Gasteiger partial charge is 0.209 e. The summed E-state index contributed by atoms with van der Waals surface area (Å²) in [4.78, 5) is 0. The van der Waals surface area contributed by atoms with Crippen LogP contribution >= 0.6 is 0 Å². The van der Waals surface area contributed by atoms with E-state index >= 15 is 0 Å². The molecule has 114 valence electrons. The second kappa shape index (κ2) is 7.64. The summed E-state index contributed by atoms with van der Waals surface area (Å²) in [7, 11) is -3.45. The molecular formula is C15H25NO3S. The van der Waals surface area contributed by atoms with Gasteiger partial charge < -0.3 is 4.74 Å². The van der Waals surface area contributed by atoms with E-state index in [9.17, 15) is 8.42 Å². The van der Waals surface area contributed by atoms with Gasteiger partial charge in [0.1, 0.15) is 5.75 Å². The number of hydrogen-bond acceptors (Lipinski definition) is 3. The molecule has 2 unspecified atom stereocenters. The van der Waals surface area contributed by atoms with Crippen molar-refractivity contribution in [2.45, 2.75) is 39.5 Å². The molecule has 0 aliphatic carbocycles. The molecule has 5 heteroatoms. The van der Waals surface area contributed by atoms with E-state index in [0.717, 1.165) is 18.6 Å². The molecule has 2 N–H and O–H groups in total. The van der Waals surface area contributed by atoms with Crippen molar-refractivity contribution in [2.75, 3.05) is 12.4 Å². The maximum absolute atomic E-state index is 11.2. The maximum atomic E-state index is 11.2. The van der Waals surface area contributed by atoms with Crippen LogP contribution in [0.5, 0.6) is 5.75 Å². The molecule has 1 aromatic rings. The van der Waals surface area contributed by atoms with Crippen molar-refractivity contribution in [3.05, 3.63) is 29.8 Å². The van der Waals surface area contributed by atoms with Crippen LogP contribution in [0.2, 0.25) is 0 Å². The van der Waals surface area contributed by atoms with E-state index in [1.54, 1.807) is 0 Å². The zero-order valence-corrected chi connectivity index (χ0v) is 13.3. The minimum atomic E-state index is -3.45. The molecule has 1 aromatic carbocycles. The van der Waals surface area contributed by atoms with Crippen LogP contribution < -0.4 is 9.88 Å². The molecule has 20 heavy (non-hydrogen) atoms. The zero-order chi connectivity index (χ0) is 15.2. The van der Waals surface area contributed by atoms with Crippen LogP contribution in [0.4, 0.5) is 0 Å². The fourth-order valence-electron chi connectivity index (χ4n) is 2.06. The van der Waals surface area contributed by atoms with Gasteiger partial charge in [-0.15, -0.1) is 0 Å². The summed E-state index contributed by atoms with van der Waals surface area (Å²) in [6.07, 6.45) is 1.76. The first-order valence-corrected chi connectivity index (χ1v) is 8.81. The van der Waals surface area contributed by atoms with Gasteiger partial charge in [0.25, 0.3) is 0 Å². The van der Waals surface area contributed by atoms with Crippen LogP contribution in [0.15, 0.2) is 24.3 Å². The molecule has 0 saturated carbocycles. The lowest BCUT2D eigenvalue weighted by Crippen LogP contribution is -2.26. The first-order valence-electron chi connectivity index (χ1n) is 7.09. The molecule has 0 amide bonds. The van der Waals surface area contributed by atoms with Crippen molar-refractivity contribution in [3.8, 4) is 5.75 Å². The van der Waals surface area contributed by atoms with Crippen LogP contribution in [0.25, 0.3) is 0 Å². The zero-order valence-electron chi connectivity index (χ0n) is 12.5. The predicted octanol–water partition coefficient (Wildman–Crippen LogP) is 2.89. The molecule has 0 saturated heterocycles. The number of nitrogens with two attached hydrogens (primary N) is 1. The van der Waals surface area contributed by atoms with Gasteiger partial charge in [-0.2, -0.15) is 0 Å². The first kappa shape index (κ1) is 17.0. The average molecular weight is 299 g/mol. The van der Waals surface area contributed by atoms with Gasteiger partial charge in [0.05, 0.1) is 12.4 Å². The van der Waals surface area contributed by atoms with Crippen LogP contribution in [0.3, 0.4) is 0 Å². The highest BCUT2D eigenvalue weighted by atomic mass is 32.2. The van der Waals surface area contributed by atoms with Gasteiger partial charge in [0.2, 0.25) is 10.0 Å². The largest absolute Gasteiger partial charge is 0.493 e. The second-order valence-electron chi connectivity index (χ2n) is 5.26. The summed E-state index contributed by atoms with van der Waals surface area (Å²) >= 11 is 0. The van der Waals surface area contributed by atoms with Gasteiger partial charge in [-0.1, -0.05) is 39.0 Å². The predicted molar refractivity (Wildman–Crippen MR) is 82.4 cm³/mol. The van der Waals surface area contributed by atoms with E-state index in [4.69, 9.17) is 9.88 Å². The second-order valence-corrected chi connectivity index (χ2v) is 6.92. The third-order valence-corrected chi connectivity index (χ3v) is 4.52. The van der Waals surface area contributed by atoms with Crippen molar-refractivity contribution in [1.82, 2.24) is 0 Å². The SMILES string of the molecule is CCC(COc1ccccc1C(C)CC)CS(N)(=O)=O. The fraction of sp³-hybridized carbons (Fsp3) is 0.600. The Kier molecular flexibility index (Phi) is 6.49. The highest BCUT2D eigenvalue weighted by Crippen LogP contribution is 2.28. The third kappa shape index (κ3) is 5.51. The molecular weight excluding hydrogens is 274 g/mol. The van der Waals surface area contributed by atoms with E-state index in [-0.39, 0.29) is 11.7 Å². The molecule has 0 aliphatic heterocycles. The van der Waals surface area contributed by atoms with E-state index in [1.807, 2.05) is 25.1 Å². The Morgan fingerprint density at radius 1 is 1.20 bits per heavy atom. The Morgan fingerprint density at radius 2 is 1.85 bits per heavy atom. The Hall–Kier alpha value is -1.07. The van der Waals surface area contributed by atoms with Crippen molar-refractivity contribution >= 4 is 10.0 Å². The van der Waals surface area contributed by atoms with Crippen LogP contribution in [0.1, 0.15) is 45.1 Å². The Morgan fingerprint density at radius 3 is 2.40 bits per heavy atom. The number of hydrogen-bond donors (Lipinski definition) is 1. The molecule has 0 fully saturated rings. The molecule has 0 aromatic heterocycles. The number of primary sulfonamides is 1. The number of sulfonamides is 1. The number of benzene rings is 1. The summed E-state index contributed by atoms with van der Waals surface area (Å²) in [5.41, 5.74) is 1.17. The minimum absolute atomic E-state index is 0.0327. The monoisotopic (exact) mass is 299 g/mol. The van der Waals surface area contributed by atoms with Crippen LogP contribution in [-0.2, 0) is 10.0 Å². The van der Waals surface area contributed by atoms with Crippen LogP contribution in [-0.4, -0.2) is 20.8 Å². The third-order valence-electron chi connectivity index (χ3n) is 3.58. The van der Waals surface area contributed by atoms with Gasteiger partial charge in [-0.05, 0) is 30.4 Å². The highest BCUT2D eigenvalue weighted by Gasteiger charge is 2.16. The molecule has 0 radical (unpaired) electrons. The van der Waals surface area contributed by atoms with E-state index in [1.165, 1.54) is 5.56 Å². The van der Waals surface area contributed by atoms with Crippen LogP contribution in [0, 0.1) is 5.92 Å². The lowest BCUT2D eigenvalue weighted by atomic mass is 9.98. The molecule has 1 rings (SSSR count). The maximum Gasteiger partial charge on any atom is 0.209 e. The topological polar surface area (TPSA) is 69.4 Å². The Bertz CT molecular complexity index is 514. The molecule has 2 atom stereocenters. The summed E-state index contributed by atoms with van der Waals surface area (Å²) in [5.74, 6) is 1.16. The van der Waals surface area contributed by atoms with Gasteiger partial charge in [0.15, 0.2) is 0 Å². The molecule has 0 heterocycles. The molecule has 0 bridgehead atoms. The van der Waals surface area contributed by atoms with Crippen molar-refractivity contribution in [2.24, 2.45) is 11.1 Å². The summed E-state index contributed by atoms with van der Waals surface area (Å²) in [6, 6.07) is 7.92. The summed E-state index contributed by atoms with van der Waals surface area (Å²) < 4.78 is 28.2. The van der Waals surface area contributed by atoms with Gasteiger partial charge >= 0.3 is 0 Å². The quantitative estimate of drug-likeness (QED) is 0.802. The van der Waals surface area contributed by atoms with E-state index in [0.29, 0.717) is 12.5 Å². The van der Waals surface area contributed by atoms with E-state index in [2.05, 4.69) is 19.9 Å². The first-order chi connectivity index (χ1) is 9.37. The molecule has 4 nitrogen and oxygen atoms in total. The van der Waals surface area contributed by atoms with Gasteiger partial charge in [-0.3, -0.25) is 0 Å². The van der Waals surface area contributed by atoms with Crippen molar-refractivity contribution in [3.63, 3.8) is 0 Å². The summed E-state index contributed by atoms with van der Waals surface area (Å²) in [5, 5.41) is 5.10. The number of para-hydroxylation sites is 1. The minimum Gasteiger partial charge on any atom is -0.493 e. The standard InChI is InChI=1S/C15H25NO3S/c1-4-12(3)14-8-6-7-9-15(14)19-10-13(5-2)11-20(16,17)18/h6-9,12-13H,4-5,10-11H2,1-3H3,(H2,16,17,18). The fourth-order valence-corrected chi connectivity index (χ4v) is 3.05. The molecule has 0 aliphatic rings. The van der Waals surface area contributed by atoms with Crippen molar-refractivity contribution < 1.29 is 13.2 Å². The summed E-state index contributed by atoms with van der Waals surface area (Å²) in [6.45, 7) is 6.61. The van der Waals surface area contributed by atoms with Gasteiger partial charge in [-0.25, -0.2) is 13.6 Å².